The lowest BCUT2D eigenvalue weighted by Crippen LogP contribution is -2.51. The number of carbonyl (C=O) groups is 1. The Hall–Kier alpha value is -2.44. The maximum Gasteiger partial charge on any atom is 0.279 e. The molecule has 2 saturated heterocycles. The van der Waals surface area contributed by atoms with Gasteiger partial charge in [0.05, 0.1) is 10.2 Å². The van der Waals surface area contributed by atoms with Crippen molar-refractivity contribution >= 4 is 27.5 Å². The second kappa shape index (κ2) is 8.00. The molecule has 0 spiro atoms. The zero-order chi connectivity index (χ0) is 20.7. The highest BCUT2D eigenvalue weighted by molar-refractivity contribution is 7.20. The molecule has 30 heavy (non-hydrogen) atoms. The van der Waals surface area contributed by atoms with Crippen molar-refractivity contribution in [3.8, 4) is 10.9 Å². The molecule has 3 atom stereocenters. The summed E-state index contributed by atoms with van der Waals surface area (Å²) in [5.41, 5.74) is 2.25. The van der Waals surface area contributed by atoms with Crippen LogP contribution in [0.5, 0.6) is 10.9 Å². The molecule has 0 radical (unpaired) electrons. The average molecular weight is 422 g/mol. The fourth-order valence-corrected chi connectivity index (χ4v) is 5.93. The van der Waals surface area contributed by atoms with Gasteiger partial charge in [-0.05, 0) is 62.6 Å². The lowest BCUT2D eigenvalue weighted by molar-refractivity contribution is -0.134. The number of aromatic nitrogens is 1. The van der Waals surface area contributed by atoms with E-state index in [1.165, 1.54) is 5.56 Å². The van der Waals surface area contributed by atoms with Gasteiger partial charge in [0.2, 0.25) is 5.91 Å². The molecule has 0 aliphatic carbocycles. The zero-order valence-corrected chi connectivity index (χ0v) is 18.3. The summed E-state index contributed by atoms with van der Waals surface area (Å²) in [6.45, 7) is 2.62. The molecule has 1 amide bonds. The molecule has 5 nitrogen and oxygen atoms in total. The van der Waals surface area contributed by atoms with Crippen molar-refractivity contribution in [2.75, 3.05) is 7.05 Å². The lowest BCUT2D eigenvalue weighted by atomic mass is 9.95. The van der Waals surface area contributed by atoms with Gasteiger partial charge < -0.3 is 9.64 Å². The number of piperidine rings is 1. The fourth-order valence-electron chi connectivity index (χ4n) is 5.10. The molecule has 1 aromatic heterocycles. The first-order chi connectivity index (χ1) is 14.6. The minimum Gasteiger partial charge on any atom is -0.431 e. The van der Waals surface area contributed by atoms with Crippen molar-refractivity contribution < 1.29 is 9.53 Å². The number of amides is 1. The standard InChI is InChI=1S/C24H27N3O2S/c1-16(28)27-18-9-10-19(27)14-20(13-18)26(2)15-17-7-11-21(12-8-17)29-24-25-22-5-3-4-6-23(22)30-24/h3-8,11-12,18-20H,9-10,13-15H2,1-2H3/t18-,19?,20+/m1/s1. The Kier molecular flexibility index (Phi) is 5.21. The highest BCUT2D eigenvalue weighted by Crippen LogP contribution is 2.38. The first-order valence-corrected chi connectivity index (χ1v) is 11.5. The molecule has 2 aliphatic heterocycles. The van der Waals surface area contributed by atoms with Crippen molar-refractivity contribution in [2.45, 2.75) is 57.3 Å². The van der Waals surface area contributed by atoms with Crippen LogP contribution < -0.4 is 4.74 Å². The first-order valence-electron chi connectivity index (χ1n) is 10.7. The van der Waals surface area contributed by atoms with Crippen molar-refractivity contribution in [2.24, 2.45) is 0 Å². The van der Waals surface area contributed by atoms with Crippen LogP contribution in [0.15, 0.2) is 48.5 Å². The van der Waals surface area contributed by atoms with E-state index in [0.29, 0.717) is 23.3 Å². The zero-order valence-electron chi connectivity index (χ0n) is 17.5. The Morgan fingerprint density at radius 2 is 1.83 bits per heavy atom. The van der Waals surface area contributed by atoms with Crippen molar-refractivity contribution in [1.82, 2.24) is 14.8 Å². The molecule has 0 N–H and O–H groups in total. The predicted octanol–water partition coefficient (Wildman–Crippen LogP) is 5.06. The van der Waals surface area contributed by atoms with Crippen molar-refractivity contribution in [3.05, 3.63) is 54.1 Å². The highest BCUT2D eigenvalue weighted by atomic mass is 32.1. The Balaban J connectivity index is 1.20. The smallest absolute Gasteiger partial charge is 0.279 e. The van der Waals surface area contributed by atoms with Gasteiger partial charge in [-0.15, -0.1) is 0 Å². The summed E-state index contributed by atoms with van der Waals surface area (Å²) >= 11 is 1.56. The molecule has 2 aromatic carbocycles. The lowest BCUT2D eigenvalue weighted by Gasteiger charge is -2.42. The number of thiazole rings is 1. The molecule has 5 rings (SSSR count). The minimum atomic E-state index is 0.243. The molecule has 1 unspecified atom stereocenters. The van der Waals surface area contributed by atoms with E-state index in [1.807, 2.05) is 30.3 Å². The van der Waals surface area contributed by atoms with Crippen LogP contribution in [0.25, 0.3) is 10.2 Å². The van der Waals surface area contributed by atoms with Crippen LogP contribution in [0.3, 0.4) is 0 Å². The number of rotatable bonds is 5. The van der Waals surface area contributed by atoms with Gasteiger partial charge in [0, 0.05) is 31.6 Å². The summed E-state index contributed by atoms with van der Waals surface area (Å²) < 4.78 is 7.10. The number of hydrogen-bond donors (Lipinski definition) is 0. The molecule has 156 valence electrons. The second-order valence-electron chi connectivity index (χ2n) is 8.55. The number of hydrogen-bond acceptors (Lipinski definition) is 5. The van der Waals surface area contributed by atoms with Crippen molar-refractivity contribution in [3.63, 3.8) is 0 Å². The van der Waals surface area contributed by atoms with E-state index in [2.05, 4.69) is 40.0 Å². The van der Waals surface area contributed by atoms with E-state index in [9.17, 15) is 4.79 Å². The quantitative estimate of drug-likeness (QED) is 0.577. The molecule has 2 bridgehead atoms. The number of para-hydroxylation sites is 1. The minimum absolute atomic E-state index is 0.243. The molecule has 0 saturated carbocycles. The second-order valence-corrected chi connectivity index (χ2v) is 9.54. The predicted molar refractivity (Wildman–Crippen MR) is 120 cm³/mol. The third-order valence-electron chi connectivity index (χ3n) is 6.53. The molecular weight excluding hydrogens is 394 g/mol. The van der Waals surface area contributed by atoms with Crippen LogP contribution >= 0.6 is 11.3 Å². The maximum atomic E-state index is 11.9. The van der Waals surface area contributed by atoms with Crippen LogP contribution in [0.2, 0.25) is 0 Å². The first kappa shape index (κ1) is 19.5. The van der Waals surface area contributed by atoms with Gasteiger partial charge in [0.25, 0.3) is 5.19 Å². The van der Waals surface area contributed by atoms with E-state index < -0.39 is 0 Å². The molecule has 2 aliphatic rings. The van der Waals surface area contributed by atoms with Crippen LogP contribution in [0.4, 0.5) is 0 Å². The van der Waals surface area contributed by atoms with Gasteiger partial charge in [-0.25, -0.2) is 4.98 Å². The summed E-state index contributed by atoms with van der Waals surface area (Å²) in [7, 11) is 2.21. The van der Waals surface area contributed by atoms with Gasteiger partial charge in [0.15, 0.2) is 0 Å². The summed E-state index contributed by atoms with van der Waals surface area (Å²) in [5.74, 6) is 1.06. The van der Waals surface area contributed by atoms with Gasteiger partial charge >= 0.3 is 0 Å². The topological polar surface area (TPSA) is 45.7 Å². The van der Waals surface area contributed by atoms with E-state index in [0.717, 1.165) is 48.2 Å². The fraction of sp³-hybridized carbons (Fsp3) is 0.417. The van der Waals surface area contributed by atoms with Gasteiger partial charge in [0.1, 0.15) is 5.75 Å². The number of nitrogens with zero attached hydrogens (tertiary/aromatic N) is 3. The van der Waals surface area contributed by atoms with Gasteiger partial charge in [-0.2, -0.15) is 0 Å². The number of ether oxygens (including phenoxy) is 1. The third kappa shape index (κ3) is 3.82. The Morgan fingerprint density at radius 3 is 2.50 bits per heavy atom. The molecule has 3 heterocycles. The Bertz CT molecular complexity index is 1000. The van der Waals surface area contributed by atoms with Gasteiger partial charge in [-0.1, -0.05) is 35.6 Å². The molecule has 6 heteroatoms. The maximum absolute atomic E-state index is 11.9. The molecule has 2 fully saturated rings. The number of fused-ring (bicyclic) bond motifs is 3. The third-order valence-corrected chi connectivity index (χ3v) is 7.44. The van der Waals surface area contributed by atoms with E-state index in [1.54, 1.807) is 18.3 Å². The SMILES string of the molecule is CC(=O)N1C2CC[C@@H]1C[C@H](N(C)Cc1ccc(Oc3nc4ccccc4s3)cc1)C2. The van der Waals surface area contributed by atoms with E-state index in [4.69, 9.17) is 4.74 Å². The normalized spacial score (nSPS) is 23.3. The largest absolute Gasteiger partial charge is 0.431 e. The van der Waals surface area contributed by atoms with Crippen LogP contribution in [-0.2, 0) is 11.3 Å². The van der Waals surface area contributed by atoms with Crippen LogP contribution in [-0.4, -0.2) is 45.9 Å². The number of carbonyl (C=O) groups excluding carboxylic acids is 1. The Morgan fingerprint density at radius 1 is 1.13 bits per heavy atom. The average Bonchev–Trinajstić information content (AvgIpc) is 3.26. The monoisotopic (exact) mass is 421 g/mol. The van der Waals surface area contributed by atoms with Gasteiger partial charge in [-0.3, -0.25) is 9.69 Å². The molecule has 3 aromatic rings. The highest BCUT2D eigenvalue weighted by Gasteiger charge is 2.42. The Labute approximate surface area is 181 Å². The van der Waals surface area contributed by atoms with Crippen molar-refractivity contribution in [1.29, 1.82) is 0 Å². The summed E-state index contributed by atoms with van der Waals surface area (Å²) in [5, 5.41) is 0.675. The molecular formula is C24H27N3O2S. The van der Waals surface area contributed by atoms with E-state index in [-0.39, 0.29) is 5.91 Å². The van der Waals surface area contributed by atoms with Crippen LogP contribution in [0, 0.1) is 0 Å². The summed E-state index contributed by atoms with van der Waals surface area (Å²) in [6.07, 6.45) is 4.50. The number of benzene rings is 2. The van der Waals surface area contributed by atoms with E-state index >= 15 is 0 Å². The summed E-state index contributed by atoms with van der Waals surface area (Å²) in [6, 6.07) is 17.8. The summed E-state index contributed by atoms with van der Waals surface area (Å²) in [4.78, 5) is 21.1. The van der Waals surface area contributed by atoms with Crippen LogP contribution in [0.1, 0.15) is 38.2 Å².